The molecule has 0 fully saturated rings. The highest BCUT2D eigenvalue weighted by Crippen LogP contribution is 2.37. The summed E-state index contributed by atoms with van der Waals surface area (Å²) in [5.74, 6) is 1.25. The van der Waals surface area contributed by atoms with E-state index >= 15 is 0 Å². The Morgan fingerprint density at radius 1 is 0.872 bits per heavy atom. The van der Waals surface area contributed by atoms with Crippen molar-refractivity contribution in [2.45, 2.75) is 65.1 Å². The van der Waals surface area contributed by atoms with E-state index < -0.39 is 8.32 Å². The molecule has 6 heteroatoms. The van der Waals surface area contributed by atoms with Crippen molar-refractivity contribution in [3.63, 3.8) is 0 Å². The summed E-state index contributed by atoms with van der Waals surface area (Å²) in [5.41, 5.74) is 5.92. The van der Waals surface area contributed by atoms with E-state index in [0.717, 1.165) is 34.7 Å². The molecule has 0 atom stereocenters. The normalized spacial score (nSPS) is 11.7. The summed E-state index contributed by atoms with van der Waals surface area (Å²) in [6.07, 6.45) is 3.47. The molecule has 1 aromatic heterocycles. The number of amides is 1. The van der Waals surface area contributed by atoms with Crippen molar-refractivity contribution in [3.05, 3.63) is 107 Å². The zero-order valence-electron chi connectivity index (χ0n) is 23.9. The summed E-state index contributed by atoms with van der Waals surface area (Å²) in [4.78, 5) is 22.6. The highest BCUT2D eigenvalue weighted by atomic mass is 28.4. The monoisotopic (exact) mass is 537 g/mol. The highest BCUT2D eigenvalue weighted by Gasteiger charge is 2.38. The Labute approximate surface area is 233 Å². The second kappa shape index (κ2) is 12.0. The Balaban J connectivity index is 1.48. The van der Waals surface area contributed by atoms with E-state index in [1.807, 2.05) is 42.5 Å². The third-order valence-electron chi connectivity index (χ3n) is 7.41. The quantitative estimate of drug-likeness (QED) is 0.221. The second-order valence-electron chi connectivity index (χ2n) is 11.6. The Hall–Kier alpha value is -3.77. The van der Waals surface area contributed by atoms with Crippen LogP contribution in [0.3, 0.4) is 0 Å². The van der Waals surface area contributed by atoms with Gasteiger partial charge >= 0.3 is 0 Å². The van der Waals surface area contributed by atoms with Crippen molar-refractivity contribution >= 4 is 20.0 Å². The Morgan fingerprint density at radius 3 is 2.18 bits per heavy atom. The van der Waals surface area contributed by atoms with Gasteiger partial charge in [0.25, 0.3) is 0 Å². The van der Waals surface area contributed by atoms with Gasteiger partial charge in [0.05, 0.1) is 24.0 Å². The van der Waals surface area contributed by atoms with E-state index in [1.165, 1.54) is 11.1 Å². The number of anilines is 1. The Morgan fingerprint density at radius 2 is 1.54 bits per heavy atom. The van der Waals surface area contributed by atoms with Gasteiger partial charge in [-0.2, -0.15) is 0 Å². The predicted octanol–water partition coefficient (Wildman–Crippen LogP) is 7.80. The maximum atomic E-state index is 13.0. The number of hydrogen-bond acceptors (Lipinski definition) is 4. The molecule has 4 aromatic rings. The number of hydrogen-bond donors (Lipinski definition) is 1. The van der Waals surface area contributed by atoms with E-state index in [4.69, 9.17) is 9.41 Å². The topological polar surface area (TPSA) is 64.1 Å². The molecule has 1 heterocycles. The zero-order chi connectivity index (χ0) is 28.0. The van der Waals surface area contributed by atoms with Crippen LogP contribution in [0.1, 0.15) is 43.2 Å². The molecule has 0 bridgehead atoms. The Bertz CT molecular complexity index is 1390. The van der Waals surface area contributed by atoms with Crippen LogP contribution in [-0.4, -0.2) is 24.2 Å². The molecule has 4 rings (SSSR count). The van der Waals surface area contributed by atoms with Crippen LogP contribution in [0, 0.1) is 6.92 Å². The maximum Gasteiger partial charge on any atom is 0.250 e. The molecule has 39 heavy (non-hydrogen) atoms. The zero-order valence-corrected chi connectivity index (χ0v) is 24.9. The minimum Gasteiger partial charge on any atom is -0.544 e. The van der Waals surface area contributed by atoms with E-state index in [1.54, 1.807) is 6.20 Å². The van der Waals surface area contributed by atoms with Gasteiger partial charge in [-0.15, -0.1) is 0 Å². The van der Waals surface area contributed by atoms with Gasteiger partial charge in [-0.3, -0.25) is 4.79 Å². The average molecular weight is 538 g/mol. The van der Waals surface area contributed by atoms with Gasteiger partial charge in [0, 0.05) is 5.56 Å². The number of rotatable bonds is 9. The largest absolute Gasteiger partial charge is 0.544 e. The van der Waals surface area contributed by atoms with E-state index in [9.17, 15) is 4.79 Å². The molecule has 1 amide bonds. The maximum absolute atomic E-state index is 13.0. The molecule has 0 aliphatic carbocycles. The SMILES string of the molecule is Cc1ccc(-c2cnc(NC(=O)Cc3ccc(O[Si](C)(C)C(C)(C)C)cc3)c(CCc3ccccc3)n2)cc1. The third-order valence-corrected chi connectivity index (χ3v) is 11.8. The fourth-order valence-electron chi connectivity index (χ4n) is 3.96. The van der Waals surface area contributed by atoms with Crippen LogP contribution in [0.2, 0.25) is 18.1 Å². The lowest BCUT2D eigenvalue weighted by molar-refractivity contribution is -0.115. The van der Waals surface area contributed by atoms with Gasteiger partial charge in [0.15, 0.2) is 5.82 Å². The van der Waals surface area contributed by atoms with Gasteiger partial charge in [0.1, 0.15) is 5.75 Å². The number of nitrogens with zero attached hydrogens (tertiary/aromatic N) is 2. The smallest absolute Gasteiger partial charge is 0.250 e. The minimum atomic E-state index is -1.91. The molecule has 202 valence electrons. The Kier molecular flexibility index (Phi) is 8.65. The minimum absolute atomic E-state index is 0.119. The molecule has 0 spiro atoms. The first-order chi connectivity index (χ1) is 18.5. The number of carbonyl (C=O) groups is 1. The van der Waals surface area contributed by atoms with Crippen molar-refractivity contribution in [2.24, 2.45) is 0 Å². The number of aromatic nitrogens is 2. The van der Waals surface area contributed by atoms with Crippen molar-refractivity contribution in [1.29, 1.82) is 0 Å². The van der Waals surface area contributed by atoms with Crippen LogP contribution in [0.15, 0.2) is 85.1 Å². The van der Waals surface area contributed by atoms with Gasteiger partial charge in [0.2, 0.25) is 14.2 Å². The van der Waals surface area contributed by atoms with Crippen LogP contribution in [0.4, 0.5) is 5.82 Å². The number of benzene rings is 3. The van der Waals surface area contributed by atoms with Gasteiger partial charge in [-0.25, -0.2) is 9.97 Å². The molecule has 1 N–H and O–H groups in total. The van der Waals surface area contributed by atoms with Gasteiger partial charge < -0.3 is 9.74 Å². The first kappa shape index (κ1) is 28.2. The van der Waals surface area contributed by atoms with Gasteiger partial charge in [-0.1, -0.05) is 93.1 Å². The fraction of sp³-hybridized carbons (Fsp3) is 0.303. The van der Waals surface area contributed by atoms with Crippen LogP contribution in [0.5, 0.6) is 5.75 Å². The molecular weight excluding hydrogens is 498 g/mol. The summed E-state index contributed by atoms with van der Waals surface area (Å²) < 4.78 is 6.38. The lowest BCUT2D eigenvalue weighted by Crippen LogP contribution is -2.43. The van der Waals surface area contributed by atoms with Crippen LogP contribution in [-0.2, 0) is 24.1 Å². The second-order valence-corrected chi connectivity index (χ2v) is 16.4. The molecule has 0 aliphatic heterocycles. The molecule has 0 radical (unpaired) electrons. The van der Waals surface area contributed by atoms with E-state index in [2.05, 4.69) is 87.5 Å². The molecular formula is C33H39N3O2Si. The van der Waals surface area contributed by atoms with Gasteiger partial charge in [-0.05, 0) is 61.2 Å². The van der Waals surface area contributed by atoms with Crippen LogP contribution in [0.25, 0.3) is 11.3 Å². The first-order valence-electron chi connectivity index (χ1n) is 13.5. The molecule has 0 aliphatic rings. The van der Waals surface area contributed by atoms with Crippen molar-refractivity contribution in [3.8, 4) is 17.0 Å². The highest BCUT2D eigenvalue weighted by molar-refractivity contribution is 6.74. The summed E-state index contributed by atoms with van der Waals surface area (Å²) >= 11 is 0. The van der Waals surface area contributed by atoms with Crippen LogP contribution < -0.4 is 9.74 Å². The number of carbonyl (C=O) groups excluding carboxylic acids is 1. The van der Waals surface area contributed by atoms with E-state index in [-0.39, 0.29) is 17.4 Å². The molecule has 0 saturated heterocycles. The average Bonchev–Trinajstić information content (AvgIpc) is 2.89. The number of nitrogens with one attached hydrogen (secondary N) is 1. The summed E-state index contributed by atoms with van der Waals surface area (Å²) in [5, 5.41) is 3.14. The molecule has 3 aromatic carbocycles. The lowest BCUT2D eigenvalue weighted by atomic mass is 10.1. The standard InChI is InChI=1S/C33H39N3O2Si/c1-24-12-17-27(18-13-24)30-23-34-32(29(35-30)21-16-25-10-8-7-9-11-25)36-31(37)22-26-14-19-28(20-15-26)38-39(5,6)33(2,3)4/h7-15,17-20,23H,16,21-22H2,1-6H3,(H,34,36,37). The lowest BCUT2D eigenvalue weighted by Gasteiger charge is -2.36. The number of aryl methyl sites for hydroxylation is 3. The van der Waals surface area contributed by atoms with Crippen molar-refractivity contribution in [1.82, 2.24) is 9.97 Å². The van der Waals surface area contributed by atoms with Crippen LogP contribution >= 0.6 is 0 Å². The van der Waals surface area contributed by atoms with Crippen molar-refractivity contribution < 1.29 is 9.22 Å². The van der Waals surface area contributed by atoms with Crippen molar-refractivity contribution in [2.75, 3.05) is 5.32 Å². The molecule has 5 nitrogen and oxygen atoms in total. The summed E-state index contributed by atoms with van der Waals surface area (Å²) in [6.45, 7) is 13.2. The summed E-state index contributed by atoms with van der Waals surface area (Å²) in [6, 6.07) is 26.4. The van der Waals surface area contributed by atoms with E-state index in [0.29, 0.717) is 12.2 Å². The predicted molar refractivity (Wildman–Crippen MR) is 163 cm³/mol. The third kappa shape index (κ3) is 7.64. The first-order valence-corrected chi connectivity index (χ1v) is 16.5. The summed E-state index contributed by atoms with van der Waals surface area (Å²) in [7, 11) is -1.91. The molecule has 0 saturated carbocycles. The fourth-order valence-corrected chi connectivity index (χ4v) is 4.99. The molecule has 0 unspecified atom stereocenters.